The number of carbonyl (C=O) groups excluding carboxylic acids is 1. The zero-order valence-corrected chi connectivity index (χ0v) is 14.0. The summed E-state index contributed by atoms with van der Waals surface area (Å²) in [6.45, 7) is 1.91. The lowest BCUT2D eigenvalue weighted by atomic mass is 10.2. The molecule has 3 aromatic rings. The van der Waals surface area contributed by atoms with Crippen LogP contribution in [-0.4, -0.2) is 32.6 Å². The Kier molecular flexibility index (Phi) is 4.03. The van der Waals surface area contributed by atoms with Gasteiger partial charge in [0.1, 0.15) is 0 Å². The molecule has 0 spiro atoms. The van der Waals surface area contributed by atoms with E-state index in [0.717, 1.165) is 29.2 Å². The normalized spacial score (nSPS) is 13.6. The molecule has 1 N–H and O–H groups in total. The standard InChI is InChI=1S/C19H19N5O/c1-23-12-15-8-5-9-20-18(15)24-17(13-23)16(11-22-24)19(25)21-10-14-6-3-2-4-7-14/h2-9,11H,10,12-13H2,1H3,(H,21,25). The lowest BCUT2D eigenvalue weighted by Gasteiger charge is -2.13. The Balaban J connectivity index is 1.63. The monoisotopic (exact) mass is 333 g/mol. The molecule has 1 aliphatic heterocycles. The van der Waals surface area contributed by atoms with Gasteiger partial charge in [0.05, 0.1) is 17.5 Å². The lowest BCUT2D eigenvalue weighted by molar-refractivity contribution is 0.0949. The largest absolute Gasteiger partial charge is 0.348 e. The van der Waals surface area contributed by atoms with Crippen molar-refractivity contribution in [1.29, 1.82) is 0 Å². The molecule has 4 rings (SSSR count). The Morgan fingerprint density at radius 1 is 1.16 bits per heavy atom. The van der Waals surface area contributed by atoms with Crippen LogP contribution in [0.5, 0.6) is 0 Å². The van der Waals surface area contributed by atoms with Crippen molar-refractivity contribution in [3.05, 3.63) is 77.2 Å². The van der Waals surface area contributed by atoms with Crippen LogP contribution in [0, 0.1) is 0 Å². The van der Waals surface area contributed by atoms with Gasteiger partial charge in [0.15, 0.2) is 5.82 Å². The summed E-state index contributed by atoms with van der Waals surface area (Å²) in [4.78, 5) is 19.3. The highest BCUT2D eigenvalue weighted by atomic mass is 16.1. The molecule has 0 saturated heterocycles. The summed E-state index contributed by atoms with van der Waals surface area (Å²) in [5.41, 5.74) is 3.63. The van der Waals surface area contributed by atoms with E-state index in [0.29, 0.717) is 18.7 Å². The number of hydrogen-bond acceptors (Lipinski definition) is 4. The first kappa shape index (κ1) is 15.5. The van der Waals surface area contributed by atoms with Crippen molar-refractivity contribution in [2.24, 2.45) is 0 Å². The van der Waals surface area contributed by atoms with Gasteiger partial charge in [0.2, 0.25) is 0 Å². The van der Waals surface area contributed by atoms with E-state index >= 15 is 0 Å². The Bertz CT molecular complexity index is 903. The molecule has 0 bridgehead atoms. The third kappa shape index (κ3) is 3.04. The maximum absolute atomic E-state index is 12.7. The second-order valence-corrected chi connectivity index (χ2v) is 6.24. The van der Waals surface area contributed by atoms with Gasteiger partial charge in [0, 0.05) is 31.4 Å². The van der Waals surface area contributed by atoms with Crippen LogP contribution in [0.25, 0.3) is 5.82 Å². The maximum Gasteiger partial charge on any atom is 0.255 e. The highest BCUT2D eigenvalue weighted by molar-refractivity contribution is 5.95. The predicted octanol–water partition coefficient (Wildman–Crippen LogP) is 2.14. The summed E-state index contributed by atoms with van der Waals surface area (Å²) in [5, 5.41) is 7.41. The molecule has 1 aliphatic rings. The quantitative estimate of drug-likeness (QED) is 0.798. The number of nitrogens with one attached hydrogen (secondary N) is 1. The fourth-order valence-electron chi connectivity index (χ4n) is 3.12. The Hall–Kier alpha value is -2.99. The number of pyridine rings is 1. The first-order valence-electron chi connectivity index (χ1n) is 8.24. The number of fused-ring (bicyclic) bond motifs is 3. The average Bonchev–Trinajstić information content (AvgIpc) is 2.98. The van der Waals surface area contributed by atoms with Gasteiger partial charge >= 0.3 is 0 Å². The number of rotatable bonds is 3. The van der Waals surface area contributed by atoms with Crippen LogP contribution in [0.15, 0.2) is 54.9 Å². The summed E-state index contributed by atoms with van der Waals surface area (Å²) in [7, 11) is 2.03. The second kappa shape index (κ2) is 6.49. The molecule has 0 radical (unpaired) electrons. The van der Waals surface area contributed by atoms with E-state index in [1.165, 1.54) is 0 Å². The van der Waals surface area contributed by atoms with Gasteiger partial charge in [-0.2, -0.15) is 5.10 Å². The van der Waals surface area contributed by atoms with Crippen LogP contribution in [0.1, 0.15) is 27.2 Å². The van der Waals surface area contributed by atoms with Crippen LogP contribution in [-0.2, 0) is 19.6 Å². The Morgan fingerprint density at radius 2 is 2.00 bits per heavy atom. The molecule has 6 nitrogen and oxygen atoms in total. The van der Waals surface area contributed by atoms with Crippen molar-refractivity contribution in [2.75, 3.05) is 7.05 Å². The first-order valence-corrected chi connectivity index (χ1v) is 8.24. The summed E-state index contributed by atoms with van der Waals surface area (Å²) in [6, 6.07) is 13.8. The lowest BCUT2D eigenvalue weighted by Crippen LogP contribution is -2.25. The summed E-state index contributed by atoms with van der Waals surface area (Å²) in [5.74, 6) is 0.682. The molecule has 2 aromatic heterocycles. The van der Waals surface area contributed by atoms with Crippen LogP contribution in [0.3, 0.4) is 0 Å². The molecule has 3 heterocycles. The van der Waals surface area contributed by atoms with Crippen molar-refractivity contribution >= 4 is 5.91 Å². The van der Waals surface area contributed by atoms with Gasteiger partial charge in [-0.1, -0.05) is 36.4 Å². The van der Waals surface area contributed by atoms with E-state index in [4.69, 9.17) is 0 Å². The number of hydrogen-bond donors (Lipinski definition) is 1. The molecule has 1 amide bonds. The molecule has 0 saturated carbocycles. The molecule has 126 valence electrons. The van der Waals surface area contributed by atoms with Crippen molar-refractivity contribution < 1.29 is 4.79 Å². The molecule has 1 aromatic carbocycles. The number of nitrogens with zero attached hydrogens (tertiary/aromatic N) is 4. The molecule has 0 atom stereocenters. The molecular weight excluding hydrogens is 314 g/mol. The topological polar surface area (TPSA) is 63.1 Å². The second-order valence-electron chi connectivity index (χ2n) is 6.24. The van der Waals surface area contributed by atoms with Gasteiger partial charge in [-0.3, -0.25) is 9.69 Å². The number of amides is 1. The minimum Gasteiger partial charge on any atom is -0.348 e. The van der Waals surface area contributed by atoms with Gasteiger partial charge in [-0.15, -0.1) is 0 Å². The molecule has 0 unspecified atom stereocenters. The van der Waals surface area contributed by atoms with E-state index < -0.39 is 0 Å². The molecule has 25 heavy (non-hydrogen) atoms. The van der Waals surface area contributed by atoms with Crippen molar-refractivity contribution in [1.82, 2.24) is 25.0 Å². The minimum atomic E-state index is -0.113. The van der Waals surface area contributed by atoms with E-state index in [-0.39, 0.29) is 5.91 Å². The minimum absolute atomic E-state index is 0.113. The van der Waals surface area contributed by atoms with Gasteiger partial charge < -0.3 is 5.32 Å². The zero-order chi connectivity index (χ0) is 17.2. The fraction of sp³-hybridized carbons (Fsp3) is 0.211. The third-order valence-electron chi connectivity index (χ3n) is 4.34. The molecule has 0 fully saturated rings. The number of benzene rings is 1. The van der Waals surface area contributed by atoms with Crippen molar-refractivity contribution in [3.8, 4) is 5.82 Å². The van der Waals surface area contributed by atoms with E-state index in [9.17, 15) is 4.79 Å². The van der Waals surface area contributed by atoms with Gasteiger partial charge in [0.25, 0.3) is 5.91 Å². The Labute approximate surface area is 146 Å². The summed E-state index contributed by atoms with van der Waals surface area (Å²) >= 11 is 0. The molecule has 0 aliphatic carbocycles. The SMILES string of the molecule is CN1Cc2cccnc2-n2ncc(C(=O)NCc3ccccc3)c2C1. The third-order valence-corrected chi connectivity index (χ3v) is 4.34. The summed E-state index contributed by atoms with van der Waals surface area (Å²) < 4.78 is 1.79. The number of carbonyl (C=O) groups is 1. The van der Waals surface area contributed by atoms with Gasteiger partial charge in [-0.05, 0) is 18.7 Å². The highest BCUT2D eigenvalue weighted by Gasteiger charge is 2.24. The van der Waals surface area contributed by atoms with Crippen molar-refractivity contribution in [2.45, 2.75) is 19.6 Å². The summed E-state index contributed by atoms with van der Waals surface area (Å²) in [6.07, 6.45) is 3.39. The fourth-order valence-corrected chi connectivity index (χ4v) is 3.12. The smallest absolute Gasteiger partial charge is 0.255 e. The first-order chi connectivity index (χ1) is 12.2. The van der Waals surface area contributed by atoms with E-state index in [1.54, 1.807) is 17.1 Å². The zero-order valence-electron chi connectivity index (χ0n) is 14.0. The van der Waals surface area contributed by atoms with Gasteiger partial charge in [-0.25, -0.2) is 9.67 Å². The van der Waals surface area contributed by atoms with Crippen LogP contribution >= 0.6 is 0 Å². The average molecular weight is 333 g/mol. The molecule has 6 heteroatoms. The van der Waals surface area contributed by atoms with Crippen LogP contribution in [0.4, 0.5) is 0 Å². The van der Waals surface area contributed by atoms with Crippen molar-refractivity contribution in [3.63, 3.8) is 0 Å². The predicted molar refractivity (Wildman–Crippen MR) is 94.1 cm³/mol. The van der Waals surface area contributed by atoms with Crippen LogP contribution in [0.2, 0.25) is 0 Å². The van der Waals surface area contributed by atoms with Crippen LogP contribution < -0.4 is 5.32 Å². The highest BCUT2D eigenvalue weighted by Crippen LogP contribution is 2.23. The van der Waals surface area contributed by atoms with E-state index in [1.807, 2.05) is 49.5 Å². The maximum atomic E-state index is 12.7. The number of aromatic nitrogens is 3. The van der Waals surface area contributed by atoms with E-state index in [2.05, 4.69) is 20.3 Å². The Morgan fingerprint density at radius 3 is 2.84 bits per heavy atom. The molecular formula is C19H19N5O.